The highest BCUT2D eigenvalue weighted by Gasteiger charge is 2.36. The van der Waals surface area contributed by atoms with Crippen molar-refractivity contribution >= 4 is 9.84 Å². The van der Waals surface area contributed by atoms with Gasteiger partial charge in [0.05, 0.1) is 17.5 Å². The van der Waals surface area contributed by atoms with Crippen LogP contribution in [-0.2, 0) is 9.84 Å². The van der Waals surface area contributed by atoms with E-state index in [1.165, 1.54) is 0 Å². The van der Waals surface area contributed by atoms with E-state index in [0.717, 1.165) is 5.82 Å². The van der Waals surface area contributed by atoms with Crippen LogP contribution in [0.15, 0.2) is 12.4 Å². The Morgan fingerprint density at radius 1 is 1.57 bits per heavy atom. The van der Waals surface area contributed by atoms with E-state index >= 15 is 0 Å². The van der Waals surface area contributed by atoms with Crippen LogP contribution in [0.2, 0.25) is 0 Å². The van der Waals surface area contributed by atoms with E-state index in [2.05, 4.69) is 4.98 Å². The van der Waals surface area contributed by atoms with Crippen LogP contribution in [0.25, 0.3) is 0 Å². The molecule has 2 N–H and O–H groups in total. The number of rotatable bonds is 1. The van der Waals surface area contributed by atoms with Crippen molar-refractivity contribution in [3.8, 4) is 0 Å². The number of imidazole rings is 1. The highest BCUT2D eigenvalue weighted by Crippen LogP contribution is 2.23. The number of nitrogens with two attached hydrogens (primary N) is 1. The summed E-state index contributed by atoms with van der Waals surface area (Å²) in [5.74, 6) is 1.02. The first-order chi connectivity index (χ1) is 6.49. The minimum absolute atomic E-state index is 0.0787. The van der Waals surface area contributed by atoms with Crippen molar-refractivity contribution < 1.29 is 8.42 Å². The lowest BCUT2D eigenvalue weighted by Crippen LogP contribution is -2.31. The van der Waals surface area contributed by atoms with E-state index in [0.29, 0.717) is 0 Å². The maximum absolute atomic E-state index is 11.3. The van der Waals surface area contributed by atoms with Gasteiger partial charge in [-0.2, -0.15) is 0 Å². The van der Waals surface area contributed by atoms with Crippen molar-refractivity contribution in [2.45, 2.75) is 19.0 Å². The minimum Gasteiger partial charge on any atom is -0.329 e. The molecule has 0 saturated carbocycles. The van der Waals surface area contributed by atoms with Crippen LogP contribution >= 0.6 is 0 Å². The molecule has 1 aliphatic rings. The van der Waals surface area contributed by atoms with Crippen molar-refractivity contribution in [2.75, 3.05) is 11.5 Å². The third-order valence-corrected chi connectivity index (χ3v) is 4.33. The molecule has 0 radical (unpaired) electrons. The smallest absolute Gasteiger partial charge is 0.154 e. The molecule has 0 bridgehead atoms. The summed E-state index contributed by atoms with van der Waals surface area (Å²) in [6.07, 6.45) is 3.44. The Balaban J connectivity index is 2.34. The van der Waals surface area contributed by atoms with Crippen LogP contribution in [0.1, 0.15) is 11.9 Å². The molecule has 2 rings (SSSR count). The summed E-state index contributed by atoms with van der Waals surface area (Å²) in [5, 5.41) is 0. The van der Waals surface area contributed by atoms with Crippen LogP contribution in [0.5, 0.6) is 0 Å². The highest BCUT2D eigenvalue weighted by molar-refractivity contribution is 7.91. The molecule has 0 amide bonds. The Hall–Kier alpha value is -0.880. The lowest BCUT2D eigenvalue weighted by Gasteiger charge is -2.16. The van der Waals surface area contributed by atoms with Crippen LogP contribution in [-0.4, -0.2) is 35.5 Å². The second kappa shape index (κ2) is 3.06. The van der Waals surface area contributed by atoms with E-state index in [-0.39, 0.29) is 23.6 Å². The van der Waals surface area contributed by atoms with Gasteiger partial charge in [0.15, 0.2) is 9.84 Å². The Morgan fingerprint density at radius 2 is 2.29 bits per heavy atom. The van der Waals surface area contributed by atoms with E-state index in [1.54, 1.807) is 12.4 Å². The van der Waals surface area contributed by atoms with Gasteiger partial charge in [-0.3, -0.25) is 0 Å². The summed E-state index contributed by atoms with van der Waals surface area (Å²) >= 11 is 0. The van der Waals surface area contributed by atoms with Crippen molar-refractivity contribution in [2.24, 2.45) is 5.73 Å². The Morgan fingerprint density at radius 3 is 2.71 bits per heavy atom. The number of aryl methyl sites for hydroxylation is 1. The maximum Gasteiger partial charge on any atom is 0.154 e. The van der Waals surface area contributed by atoms with Gasteiger partial charge in [-0.05, 0) is 6.92 Å². The molecule has 1 fully saturated rings. The fourth-order valence-electron chi connectivity index (χ4n) is 1.88. The Labute approximate surface area is 82.9 Å². The quantitative estimate of drug-likeness (QED) is 0.684. The van der Waals surface area contributed by atoms with Gasteiger partial charge in [-0.15, -0.1) is 0 Å². The van der Waals surface area contributed by atoms with Gasteiger partial charge in [0, 0.05) is 18.4 Å². The predicted octanol–water partition coefficient (Wildman–Crippen LogP) is -0.512. The zero-order valence-electron chi connectivity index (χ0n) is 7.92. The molecule has 0 aliphatic carbocycles. The molecule has 6 heteroatoms. The Bertz CT molecular complexity index is 437. The molecule has 14 heavy (non-hydrogen) atoms. The van der Waals surface area contributed by atoms with Gasteiger partial charge in [-0.1, -0.05) is 0 Å². The second-order valence-electron chi connectivity index (χ2n) is 3.69. The van der Waals surface area contributed by atoms with Crippen molar-refractivity contribution in [1.82, 2.24) is 9.55 Å². The summed E-state index contributed by atoms with van der Waals surface area (Å²) in [7, 11) is -2.96. The van der Waals surface area contributed by atoms with E-state index in [4.69, 9.17) is 5.73 Å². The van der Waals surface area contributed by atoms with Gasteiger partial charge in [-0.25, -0.2) is 13.4 Å². The SMILES string of the molecule is Cc1nccn1C1CS(=O)(=O)CC1N. The number of hydrogen-bond donors (Lipinski definition) is 1. The lowest BCUT2D eigenvalue weighted by molar-refractivity contribution is 0.484. The molecule has 2 unspecified atom stereocenters. The molecule has 1 aromatic heterocycles. The largest absolute Gasteiger partial charge is 0.329 e. The third-order valence-electron chi connectivity index (χ3n) is 2.58. The first-order valence-electron chi connectivity index (χ1n) is 4.45. The molecule has 2 atom stereocenters. The maximum atomic E-state index is 11.3. The summed E-state index contributed by atoms with van der Waals surface area (Å²) in [6, 6.07) is -0.463. The average Bonchev–Trinajstić information content (AvgIpc) is 2.55. The van der Waals surface area contributed by atoms with Crippen LogP contribution in [0.4, 0.5) is 0 Å². The molecule has 1 aromatic rings. The summed E-state index contributed by atoms with van der Waals surface area (Å²) in [6.45, 7) is 1.84. The minimum atomic E-state index is -2.96. The number of sulfone groups is 1. The lowest BCUT2D eigenvalue weighted by atomic mass is 10.2. The van der Waals surface area contributed by atoms with Crippen LogP contribution in [0.3, 0.4) is 0 Å². The number of nitrogens with zero attached hydrogens (tertiary/aromatic N) is 2. The molecular weight excluding hydrogens is 202 g/mol. The third kappa shape index (κ3) is 1.55. The number of hydrogen-bond acceptors (Lipinski definition) is 4. The first kappa shape index (κ1) is 9.67. The van der Waals surface area contributed by atoms with Gasteiger partial charge in [0.25, 0.3) is 0 Å². The van der Waals surface area contributed by atoms with Crippen molar-refractivity contribution in [3.05, 3.63) is 18.2 Å². The molecule has 2 heterocycles. The van der Waals surface area contributed by atoms with Crippen molar-refractivity contribution in [3.63, 3.8) is 0 Å². The van der Waals surface area contributed by atoms with Crippen molar-refractivity contribution in [1.29, 1.82) is 0 Å². The molecule has 78 valence electrons. The molecule has 1 saturated heterocycles. The van der Waals surface area contributed by atoms with Gasteiger partial charge in [0.1, 0.15) is 5.82 Å². The topological polar surface area (TPSA) is 78.0 Å². The summed E-state index contributed by atoms with van der Waals surface area (Å²) in [5.41, 5.74) is 5.79. The predicted molar refractivity (Wildman–Crippen MR) is 52.6 cm³/mol. The second-order valence-corrected chi connectivity index (χ2v) is 5.84. The van der Waals surface area contributed by atoms with E-state index < -0.39 is 9.84 Å². The summed E-state index contributed by atoms with van der Waals surface area (Å²) in [4.78, 5) is 4.06. The Kier molecular flexibility index (Phi) is 2.11. The fourth-order valence-corrected chi connectivity index (χ4v) is 3.75. The molecule has 5 nitrogen and oxygen atoms in total. The normalized spacial score (nSPS) is 30.7. The average molecular weight is 215 g/mol. The van der Waals surface area contributed by atoms with E-state index in [9.17, 15) is 8.42 Å². The first-order valence-corrected chi connectivity index (χ1v) is 6.27. The molecular formula is C8H13N3O2S. The van der Waals surface area contributed by atoms with Gasteiger partial charge < -0.3 is 10.3 Å². The zero-order chi connectivity index (χ0) is 10.3. The van der Waals surface area contributed by atoms with Crippen LogP contribution < -0.4 is 5.73 Å². The standard InChI is InChI=1S/C8H13N3O2S/c1-6-10-2-3-11(6)8-5-14(12,13)4-7(8)9/h2-3,7-8H,4-5,9H2,1H3. The molecule has 0 spiro atoms. The highest BCUT2D eigenvalue weighted by atomic mass is 32.2. The van der Waals surface area contributed by atoms with Gasteiger partial charge in [0.2, 0.25) is 0 Å². The fraction of sp³-hybridized carbons (Fsp3) is 0.625. The van der Waals surface area contributed by atoms with Gasteiger partial charge >= 0.3 is 0 Å². The molecule has 0 aromatic carbocycles. The van der Waals surface area contributed by atoms with Crippen LogP contribution in [0, 0.1) is 6.92 Å². The monoisotopic (exact) mass is 215 g/mol. The van der Waals surface area contributed by atoms with E-state index in [1.807, 2.05) is 11.5 Å². The zero-order valence-corrected chi connectivity index (χ0v) is 8.74. The summed E-state index contributed by atoms with van der Waals surface area (Å²) < 4.78 is 24.5. The number of aromatic nitrogens is 2. The molecule has 1 aliphatic heterocycles.